The molecule has 266 valence electrons. The lowest BCUT2D eigenvalue weighted by molar-refractivity contribution is 0.367. The lowest BCUT2D eigenvalue weighted by Crippen LogP contribution is -2.39. The Kier molecular flexibility index (Phi) is 8.53. The average molecular weight is 719 g/mol. The van der Waals surface area contributed by atoms with Gasteiger partial charge in [-0.2, -0.15) is 0 Å². The lowest BCUT2D eigenvalue weighted by Gasteiger charge is -2.45. The summed E-state index contributed by atoms with van der Waals surface area (Å²) >= 11 is 0. The zero-order chi connectivity index (χ0) is 37.3. The number of hydrogen-bond acceptors (Lipinski definition) is 3. The van der Waals surface area contributed by atoms with Crippen molar-refractivity contribution >= 4 is 0 Å². The molecule has 3 nitrogen and oxygen atoms in total. The third-order valence-electron chi connectivity index (χ3n) is 11.2. The van der Waals surface area contributed by atoms with Crippen molar-refractivity contribution < 1.29 is 4.74 Å². The molecular formula is C53H38N2O. The van der Waals surface area contributed by atoms with E-state index in [0.29, 0.717) is 5.82 Å². The van der Waals surface area contributed by atoms with Crippen LogP contribution in [-0.2, 0) is 5.41 Å². The van der Waals surface area contributed by atoms with E-state index < -0.39 is 5.41 Å². The van der Waals surface area contributed by atoms with E-state index in [4.69, 9.17) is 14.7 Å². The van der Waals surface area contributed by atoms with E-state index in [1.165, 1.54) is 16.7 Å². The summed E-state index contributed by atoms with van der Waals surface area (Å²) in [5, 5.41) is 0. The predicted molar refractivity (Wildman–Crippen MR) is 228 cm³/mol. The fraction of sp³-hybridized carbons (Fsp3) is 0.0566. The van der Waals surface area contributed by atoms with Gasteiger partial charge in [-0.3, -0.25) is 0 Å². The Labute approximate surface area is 328 Å². The first-order valence-electron chi connectivity index (χ1n) is 19.3. The van der Waals surface area contributed by atoms with Gasteiger partial charge in [-0.15, -0.1) is 0 Å². The van der Waals surface area contributed by atoms with Crippen molar-refractivity contribution in [3.05, 3.63) is 229 Å². The molecule has 2 aliphatic rings. The van der Waals surface area contributed by atoms with Crippen molar-refractivity contribution in [3.8, 4) is 67.7 Å². The van der Waals surface area contributed by atoms with Crippen LogP contribution in [0.3, 0.4) is 0 Å². The molecule has 0 bridgehead atoms. The van der Waals surface area contributed by atoms with Crippen LogP contribution in [0, 0.1) is 5.92 Å². The molecule has 2 heterocycles. The first kappa shape index (κ1) is 33.5. The zero-order valence-electron chi connectivity index (χ0n) is 30.8. The van der Waals surface area contributed by atoms with Crippen LogP contribution in [0.2, 0.25) is 0 Å². The number of rotatable bonds is 7. The van der Waals surface area contributed by atoms with Crippen LogP contribution in [0.5, 0.6) is 11.5 Å². The second kappa shape index (κ2) is 14.3. The first-order valence-corrected chi connectivity index (χ1v) is 19.3. The average Bonchev–Trinajstić information content (AvgIpc) is 3.29. The molecule has 10 rings (SSSR count). The fourth-order valence-corrected chi connectivity index (χ4v) is 8.59. The quantitative estimate of drug-likeness (QED) is 0.165. The highest BCUT2D eigenvalue weighted by Gasteiger charge is 2.48. The highest BCUT2D eigenvalue weighted by Crippen LogP contribution is 2.57. The summed E-state index contributed by atoms with van der Waals surface area (Å²) in [7, 11) is 0. The molecule has 0 N–H and O–H groups in total. The van der Waals surface area contributed by atoms with Crippen LogP contribution in [0.4, 0.5) is 0 Å². The van der Waals surface area contributed by atoms with Crippen molar-refractivity contribution in [1.29, 1.82) is 0 Å². The minimum atomic E-state index is -0.409. The number of benzene rings is 7. The summed E-state index contributed by atoms with van der Waals surface area (Å²) < 4.78 is 6.81. The van der Waals surface area contributed by atoms with Gasteiger partial charge in [-0.05, 0) is 70.5 Å². The van der Waals surface area contributed by atoms with E-state index in [1.54, 1.807) is 0 Å². The van der Waals surface area contributed by atoms with E-state index in [1.807, 2.05) is 36.4 Å². The lowest BCUT2D eigenvalue weighted by atomic mass is 9.59. The van der Waals surface area contributed by atoms with Gasteiger partial charge < -0.3 is 4.74 Å². The molecule has 3 heteroatoms. The number of ether oxygens (including phenoxy) is 1. The number of hydrogen-bond donors (Lipinski definition) is 0. The number of allylic oxidation sites excluding steroid dienone is 4. The molecule has 2 unspecified atom stereocenters. The SMILES string of the molecule is C1=CCC(C2(c3ccccc3)c3ccccc3Oc3cc(-c4cccc(-c5cccc(-c6nc(-c7ccccc7)cc(-c7ccccc7)n6)c5)c4)ccc32)C=C1. The van der Waals surface area contributed by atoms with Crippen LogP contribution in [0.25, 0.3) is 56.2 Å². The van der Waals surface area contributed by atoms with Crippen LogP contribution in [0.15, 0.2) is 212 Å². The molecule has 1 aromatic heterocycles. The summed E-state index contributed by atoms with van der Waals surface area (Å²) in [6.07, 6.45) is 9.95. The number of aromatic nitrogens is 2. The van der Waals surface area contributed by atoms with Gasteiger partial charge in [0.2, 0.25) is 0 Å². The molecule has 56 heavy (non-hydrogen) atoms. The van der Waals surface area contributed by atoms with Crippen LogP contribution < -0.4 is 4.74 Å². The summed E-state index contributed by atoms with van der Waals surface area (Å²) in [6, 6.07) is 66.4. The molecule has 0 spiro atoms. The third kappa shape index (κ3) is 5.95. The molecule has 8 aromatic rings. The van der Waals surface area contributed by atoms with Crippen molar-refractivity contribution in [3.63, 3.8) is 0 Å². The number of fused-ring (bicyclic) bond motifs is 2. The molecule has 1 aliphatic heterocycles. The molecule has 0 saturated heterocycles. The van der Waals surface area contributed by atoms with Crippen LogP contribution in [-0.4, -0.2) is 9.97 Å². The van der Waals surface area contributed by atoms with Crippen molar-refractivity contribution in [1.82, 2.24) is 9.97 Å². The molecule has 1 aliphatic carbocycles. The summed E-state index contributed by atoms with van der Waals surface area (Å²) in [5.41, 5.74) is 12.6. The predicted octanol–water partition coefficient (Wildman–Crippen LogP) is 13.4. The maximum absolute atomic E-state index is 6.81. The largest absolute Gasteiger partial charge is 0.457 e. The highest BCUT2D eigenvalue weighted by atomic mass is 16.5. The zero-order valence-corrected chi connectivity index (χ0v) is 30.8. The molecule has 2 atom stereocenters. The smallest absolute Gasteiger partial charge is 0.160 e. The first-order chi connectivity index (χ1) is 27.7. The highest BCUT2D eigenvalue weighted by molar-refractivity contribution is 5.79. The van der Waals surface area contributed by atoms with Gasteiger partial charge in [0.25, 0.3) is 0 Å². The van der Waals surface area contributed by atoms with Gasteiger partial charge in [0, 0.05) is 27.8 Å². The number of para-hydroxylation sites is 1. The van der Waals surface area contributed by atoms with Gasteiger partial charge in [0.15, 0.2) is 5.82 Å². The van der Waals surface area contributed by atoms with Crippen LogP contribution >= 0.6 is 0 Å². The van der Waals surface area contributed by atoms with Gasteiger partial charge in [0.05, 0.1) is 16.8 Å². The Hall–Kier alpha value is -7.10. The van der Waals surface area contributed by atoms with Gasteiger partial charge >= 0.3 is 0 Å². The van der Waals surface area contributed by atoms with Gasteiger partial charge in [0.1, 0.15) is 11.5 Å². The Morgan fingerprint density at radius 3 is 1.61 bits per heavy atom. The van der Waals surface area contributed by atoms with E-state index >= 15 is 0 Å². The van der Waals surface area contributed by atoms with Gasteiger partial charge in [-0.25, -0.2) is 9.97 Å². The van der Waals surface area contributed by atoms with Gasteiger partial charge in [-0.1, -0.05) is 182 Å². The maximum Gasteiger partial charge on any atom is 0.160 e. The van der Waals surface area contributed by atoms with Crippen LogP contribution in [0.1, 0.15) is 23.1 Å². The Morgan fingerprint density at radius 1 is 0.429 bits per heavy atom. The molecule has 0 fully saturated rings. The monoisotopic (exact) mass is 718 g/mol. The summed E-state index contributed by atoms with van der Waals surface area (Å²) in [5.74, 6) is 2.72. The minimum Gasteiger partial charge on any atom is -0.457 e. The van der Waals surface area contributed by atoms with Crippen molar-refractivity contribution in [2.75, 3.05) is 0 Å². The second-order valence-electron chi connectivity index (χ2n) is 14.5. The second-order valence-corrected chi connectivity index (χ2v) is 14.5. The van der Waals surface area contributed by atoms with Crippen molar-refractivity contribution in [2.45, 2.75) is 11.8 Å². The number of nitrogens with zero attached hydrogens (tertiary/aromatic N) is 2. The van der Waals surface area contributed by atoms with E-state index in [2.05, 4.69) is 176 Å². The van der Waals surface area contributed by atoms with E-state index in [-0.39, 0.29) is 5.92 Å². The maximum atomic E-state index is 6.81. The van der Waals surface area contributed by atoms with E-state index in [9.17, 15) is 0 Å². The molecule has 7 aromatic carbocycles. The molecule has 0 amide bonds. The summed E-state index contributed by atoms with van der Waals surface area (Å²) in [4.78, 5) is 10.2. The topological polar surface area (TPSA) is 35.0 Å². The Balaban J connectivity index is 1.05. The molecular weight excluding hydrogens is 681 g/mol. The Morgan fingerprint density at radius 2 is 0.964 bits per heavy atom. The fourth-order valence-electron chi connectivity index (χ4n) is 8.59. The molecule has 0 radical (unpaired) electrons. The standard InChI is InChI=1S/C53H38N2O/c1-5-17-37(18-6-1)48-36-49(38-19-7-2-8-20-38)55-52(54-48)43-24-16-23-41(34-43)39-21-15-22-40(33-39)42-31-32-47-51(35-42)56-50-30-14-13-29-46(50)53(47,44-25-9-3-10-26-44)45-27-11-4-12-28-45/h1-27,29-36,45H,28H2. The minimum absolute atomic E-state index is 0.223. The van der Waals surface area contributed by atoms with Crippen molar-refractivity contribution in [2.24, 2.45) is 5.92 Å². The molecule has 0 saturated carbocycles. The third-order valence-corrected chi connectivity index (χ3v) is 11.2. The normalized spacial score (nSPS) is 16.8. The summed E-state index contributed by atoms with van der Waals surface area (Å²) in [6.45, 7) is 0. The Bertz CT molecular complexity index is 2700. The van der Waals surface area contributed by atoms with E-state index in [0.717, 1.165) is 68.3 Å².